The molecular weight excluding hydrogens is 366 g/mol. The normalized spacial score (nSPS) is 18.9. The van der Waals surface area contributed by atoms with Crippen molar-refractivity contribution in [2.24, 2.45) is 0 Å². The number of likely N-dealkylation sites (tertiary alicyclic amines) is 1. The zero-order chi connectivity index (χ0) is 20.6. The molecule has 0 bridgehead atoms. The summed E-state index contributed by atoms with van der Waals surface area (Å²) in [5.41, 5.74) is 1.93. The Labute approximate surface area is 174 Å². The molecule has 0 radical (unpaired) electrons. The van der Waals surface area contributed by atoms with Crippen LogP contribution in [-0.2, 0) is 9.59 Å². The summed E-state index contributed by atoms with van der Waals surface area (Å²) in [5, 5.41) is 2.97. The van der Waals surface area contributed by atoms with E-state index in [0.717, 1.165) is 63.5 Å². The van der Waals surface area contributed by atoms with Crippen LogP contribution in [0.3, 0.4) is 0 Å². The molecule has 2 amide bonds. The van der Waals surface area contributed by atoms with Crippen molar-refractivity contribution in [3.8, 4) is 0 Å². The summed E-state index contributed by atoms with van der Waals surface area (Å²) in [4.78, 5) is 33.4. The minimum atomic E-state index is 0.0108. The number of carbonyl (C=O) groups is 2. The molecule has 0 saturated carbocycles. The highest BCUT2D eigenvalue weighted by molar-refractivity contribution is 5.92. The molecule has 0 aromatic heterocycles. The van der Waals surface area contributed by atoms with Gasteiger partial charge in [-0.2, -0.15) is 0 Å². The highest BCUT2D eigenvalue weighted by Crippen LogP contribution is 2.16. The van der Waals surface area contributed by atoms with Gasteiger partial charge in [0.1, 0.15) is 0 Å². The van der Waals surface area contributed by atoms with E-state index >= 15 is 0 Å². The summed E-state index contributed by atoms with van der Waals surface area (Å²) in [6.45, 7) is 6.04. The second kappa shape index (κ2) is 10.6. The van der Waals surface area contributed by atoms with E-state index in [1.807, 2.05) is 48.2 Å². The molecule has 0 atom stereocenters. The Bertz CT molecular complexity index is 660. The minimum Gasteiger partial charge on any atom is -0.378 e. The van der Waals surface area contributed by atoms with Crippen molar-refractivity contribution in [2.75, 3.05) is 76.7 Å². The third-order valence-corrected chi connectivity index (χ3v) is 5.82. The molecular formula is C22H35N5O2. The van der Waals surface area contributed by atoms with Gasteiger partial charge in [0.25, 0.3) is 0 Å². The second-order valence-corrected chi connectivity index (χ2v) is 8.34. The van der Waals surface area contributed by atoms with Crippen molar-refractivity contribution in [3.63, 3.8) is 0 Å². The first-order chi connectivity index (χ1) is 14.0. The summed E-state index contributed by atoms with van der Waals surface area (Å²) < 4.78 is 0. The highest BCUT2D eigenvalue weighted by Gasteiger charge is 2.23. The lowest BCUT2D eigenvalue weighted by Gasteiger charge is -2.35. The van der Waals surface area contributed by atoms with Gasteiger partial charge in [0, 0.05) is 64.7 Å². The smallest absolute Gasteiger partial charge is 0.238 e. The first-order valence-electron chi connectivity index (χ1n) is 10.8. The average molecular weight is 402 g/mol. The van der Waals surface area contributed by atoms with Crippen LogP contribution in [0.4, 0.5) is 11.4 Å². The Morgan fingerprint density at radius 3 is 1.93 bits per heavy atom. The molecule has 0 spiro atoms. The standard InChI is InChI=1S/C22H35N5O2/c1-24(2)20-9-7-19(8-10-20)23-21(28)17-25-13-15-26(16-14-25)18-22(29)27-11-5-3-4-6-12-27/h7-10H,3-6,11-18H2,1-2H3,(H,23,28). The third-order valence-electron chi connectivity index (χ3n) is 5.82. The number of piperazine rings is 1. The SMILES string of the molecule is CN(C)c1ccc(NC(=O)CN2CCN(CC(=O)N3CCCCCC3)CC2)cc1. The second-order valence-electron chi connectivity index (χ2n) is 8.34. The van der Waals surface area contributed by atoms with E-state index in [4.69, 9.17) is 0 Å². The van der Waals surface area contributed by atoms with Gasteiger partial charge in [0.05, 0.1) is 13.1 Å². The van der Waals surface area contributed by atoms with E-state index in [2.05, 4.69) is 15.1 Å². The topological polar surface area (TPSA) is 59.1 Å². The van der Waals surface area contributed by atoms with Crippen LogP contribution in [0.25, 0.3) is 0 Å². The van der Waals surface area contributed by atoms with E-state index in [0.29, 0.717) is 13.1 Å². The third kappa shape index (κ3) is 6.72. The minimum absolute atomic E-state index is 0.0108. The average Bonchev–Trinajstić information content (AvgIpc) is 2.99. The summed E-state index contributed by atoms with van der Waals surface area (Å²) in [6.07, 6.45) is 4.74. The van der Waals surface area contributed by atoms with Crippen molar-refractivity contribution in [1.29, 1.82) is 0 Å². The molecule has 2 aliphatic rings. The number of anilines is 2. The van der Waals surface area contributed by atoms with E-state index in [1.165, 1.54) is 12.8 Å². The molecule has 0 aliphatic carbocycles. The fourth-order valence-corrected chi connectivity index (χ4v) is 3.96. The molecule has 1 aromatic rings. The molecule has 1 N–H and O–H groups in total. The summed E-state index contributed by atoms with van der Waals surface area (Å²) in [5.74, 6) is 0.274. The van der Waals surface area contributed by atoms with Crippen molar-refractivity contribution < 1.29 is 9.59 Å². The van der Waals surface area contributed by atoms with Gasteiger partial charge in [-0.3, -0.25) is 19.4 Å². The number of benzene rings is 1. The Morgan fingerprint density at radius 1 is 0.828 bits per heavy atom. The van der Waals surface area contributed by atoms with Crippen molar-refractivity contribution in [3.05, 3.63) is 24.3 Å². The zero-order valence-corrected chi connectivity index (χ0v) is 17.9. The quantitative estimate of drug-likeness (QED) is 0.787. The number of hydrogen-bond acceptors (Lipinski definition) is 5. The summed E-state index contributed by atoms with van der Waals surface area (Å²) >= 11 is 0. The largest absolute Gasteiger partial charge is 0.378 e. The molecule has 0 unspecified atom stereocenters. The lowest BCUT2D eigenvalue weighted by atomic mass is 10.2. The fraction of sp³-hybridized carbons (Fsp3) is 0.636. The number of rotatable bonds is 6. The summed E-state index contributed by atoms with van der Waals surface area (Å²) in [6, 6.07) is 7.85. The molecule has 7 heteroatoms. The maximum atomic E-state index is 12.6. The van der Waals surface area contributed by atoms with Crippen LogP contribution in [0.15, 0.2) is 24.3 Å². The number of nitrogens with zero attached hydrogens (tertiary/aromatic N) is 4. The van der Waals surface area contributed by atoms with Gasteiger partial charge < -0.3 is 15.1 Å². The van der Waals surface area contributed by atoms with Crippen LogP contribution in [0.2, 0.25) is 0 Å². The van der Waals surface area contributed by atoms with E-state index in [1.54, 1.807) is 0 Å². The molecule has 29 heavy (non-hydrogen) atoms. The maximum absolute atomic E-state index is 12.6. The van der Waals surface area contributed by atoms with E-state index in [9.17, 15) is 9.59 Å². The molecule has 2 heterocycles. The van der Waals surface area contributed by atoms with Crippen molar-refractivity contribution in [1.82, 2.24) is 14.7 Å². The van der Waals surface area contributed by atoms with Gasteiger partial charge in [0.2, 0.25) is 11.8 Å². The molecule has 7 nitrogen and oxygen atoms in total. The molecule has 2 saturated heterocycles. The van der Waals surface area contributed by atoms with Gasteiger partial charge in [-0.1, -0.05) is 12.8 Å². The number of amides is 2. The summed E-state index contributed by atoms with van der Waals surface area (Å²) in [7, 11) is 3.99. The van der Waals surface area contributed by atoms with Gasteiger partial charge in [-0.25, -0.2) is 0 Å². The number of hydrogen-bond donors (Lipinski definition) is 1. The predicted octanol–water partition coefficient (Wildman–Crippen LogP) is 1.71. The zero-order valence-electron chi connectivity index (χ0n) is 17.9. The van der Waals surface area contributed by atoms with Gasteiger partial charge in [-0.15, -0.1) is 0 Å². The van der Waals surface area contributed by atoms with E-state index < -0.39 is 0 Å². The van der Waals surface area contributed by atoms with Crippen LogP contribution in [0.5, 0.6) is 0 Å². The fourth-order valence-electron chi connectivity index (χ4n) is 3.96. The highest BCUT2D eigenvalue weighted by atomic mass is 16.2. The molecule has 160 valence electrons. The van der Waals surface area contributed by atoms with Crippen LogP contribution >= 0.6 is 0 Å². The molecule has 3 rings (SSSR count). The molecule has 2 fully saturated rings. The first-order valence-corrected chi connectivity index (χ1v) is 10.8. The number of carbonyl (C=O) groups excluding carboxylic acids is 2. The van der Waals surface area contributed by atoms with Crippen molar-refractivity contribution >= 4 is 23.2 Å². The Hall–Kier alpha value is -2.12. The number of nitrogens with one attached hydrogen (secondary N) is 1. The Balaban J connectivity index is 1.37. The maximum Gasteiger partial charge on any atom is 0.238 e. The molecule has 1 aromatic carbocycles. The predicted molar refractivity (Wildman–Crippen MR) is 117 cm³/mol. The monoisotopic (exact) mass is 401 g/mol. The lowest BCUT2D eigenvalue weighted by Crippen LogP contribution is -2.51. The van der Waals surface area contributed by atoms with E-state index in [-0.39, 0.29) is 11.8 Å². The molecule has 2 aliphatic heterocycles. The Kier molecular flexibility index (Phi) is 7.89. The van der Waals surface area contributed by atoms with Crippen LogP contribution < -0.4 is 10.2 Å². The first kappa shape index (κ1) is 21.6. The van der Waals surface area contributed by atoms with Gasteiger partial charge in [-0.05, 0) is 37.1 Å². The Morgan fingerprint density at radius 2 is 1.38 bits per heavy atom. The lowest BCUT2D eigenvalue weighted by molar-refractivity contribution is -0.133. The van der Waals surface area contributed by atoms with Crippen molar-refractivity contribution in [2.45, 2.75) is 25.7 Å². The van der Waals surface area contributed by atoms with Crippen LogP contribution in [0, 0.1) is 0 Å². The van der Waals surface area contributed by atoms with Gasteiger partial charge in [0.15, 0.2) is 0 Å². The van der Waals surface area contributed by atoms with Crippen LogP contribution in [0.1, 0.15) is 25.7 Å². The van der Waals surface area contributed by atoms with Crippen LogP contribution in [-0.4, -0.2) is 93.0 Å². The van der Waals surface area contributed by atoms with Gasteiger partial charge >= 0.3 is 0 Å².